The number of amides is 2. The highest BCUT2D eigenvalue weighted by Gasteiger charge is 2.36. The van der Waals surface area contributed by atoms with Crippen molar-refractivity contribution >= 4 is 28.3 Å². The maximum absolute atomic E-state index is 13.3. The van der Waals surface area contributed by atoms with Crippen molar-refractivity contribution in [3.63, 3.8) is 0 Å². The first-order valence-electron chi connectivity index (χ1n) is 10.3. The fourth-order valence-electron chi connectivity index (χ4n) is 4.29. The van der Waals surface area contributed by atoms with Crippen LogP contribution in [0, 0.1) is 5.92 Å². The van der Waals surface area contributed by atoms with E-state index >= 15 is 0 Å². The highest BCUT2D eigenvalue weighted by molar-refractivity contribution is 7.15. The maximum Gasteiger partial charge on any atom is 0.290 e. The molecule has 2 aromatic heterocycles. The Kier molecular flexibility index (Phi) is 4.90. The number of aromatic nitrogens is 1. The number of aryl methyl sites for hydroxylation is 1. The van der Waals surface area contributed by atoms with E-state index in [0.717, 1.165) is 36.1 Å². The molecule has 5 rings (SSSR count). The predicted molar refractivity (Wildman–Crippen MR) is 114 cm³/mol. The number of carbonyl (C=O) groups is 2. The lowest BCUT2D eigenvalue weighted by Gasteiger charge is -2.35. The second-order valence-electron chi connectivity index (χ2n) is 8.13. The van der Waals surface area contributed by atoms with Gasteiger partial charge in [-0.25, -0.2) is 4.98 Å². The van der Waals surface area contributed by atoms with Gasteiger partial charge in [-0.1, -0.05) is 31.2 Å². The maximum atomic E-state index is 13.3. The Hall–Kier alpha value is -2.93. The van der Waals surface area contributed by atoms with E-state index in [1.807, 2.05) is 24.3 Å². The Bertz CT molecular complexity index is 1090. The van der Waals surface area contributed by atoms with Gasteiger partial charge in [-0.2, -0.15) is 0 Å². The Balaban J connectivity index is 1.41. The summed E-state index contributed by atoms with van der Waals surface area (Å²) in [6.07, 6.45) is 5.05. The molecule has 2 amide bonds. The summed E-state index contributed by atoms with van der Waals surface area (Å²) in [7, 11) is 0. The van der Waals surface area contributed by atoms with Gasteiger partial charge in [0, 0.05) is 17.8 Å². The second-order valence-corrected chi connectivity index (χ2v) is 9.21. The summed E-state index contributed by atoms with van der Waals surface area (Å²) >= 11 is 1.56. The number of hydrogen-bond donors (Lipinski definition) is 1. The summed E-state index contributed by atoms with van der Waals surface area (Å²) in [6.45, 7) is 2.62. The van der Waals surface area contributed by atoms with Gasteiger partial charge in [0.05, 0.1) is 12.0 Å². The molecule has 2 aliphatic rings. The Morgan fingerprint density at radius 1 is 1.17 bits per heavy atom. The summed E-state index contributed by atoms with van der Waals surface area (Å²) in [5.74, 6) is 0.411. The van der Waals surface area contributed by atoms with Crippen molar-refractivity contribution in [2.24, 2.45) is 5.92 Å². The van der Waals surface area contributed by atoms with E-state index in [4.69, 9.17) is 4.42 Å². The minimum Gasteiger partial charge on any atom is -0.459 e. The van der Waals surface area contributed by atoms with Crippen LogP contribution in [0.15, 0.2) is 47.1 Å². The van der Waals surface area contributed by atoms with Gasteiger partial charge in [-0.3, -0.25) is 9.59 Å². The third-order valence-corrected chi connectivity index (χ3v) is 7.00. The molecule has 0 saturated carbocycles. The molecule has 3 heterocycles. The van der Waals surface area contributed by atoms with Crippen molar-refractivity contribution in [3.8, 4) is 0 Å². The van der Waals surface area contributed by atoms with Crippen LogP contribution in [0.4, 0.5) is 5.13 Å². The highest BCUT2D eigenvalue weighted by atomic mass is 32.1. The number of anilines is 1. The van der Waals surface area contributed by atoms with Crippen LogP contribution in [0.25, 0.3) is 0 Å². The van der Waals surface area contributed by atoms with Gasteiger partial charge in [-0.05, 0) is 48.4 Å². The number of carbonyl (C=O) groups excluding carboxylic acids is 2. The zero-order chi connectivity index (χ0) is 20.7. The summed E-state index contributed by atoms with van der Waals surface area (Å²) < 4.78 is 5.31. The topological polar surface area (TPSA) is 75.4 Å². The first-order chi connectivity index (χ1) is 14.6. The van der Waals surface area contributed by atoms with E-state index < -0.39 is 6.04 Å². The monoisotopic (exact) mass is 421 g/mol. The molecule has 0 fully saturated rings. The molecule has 1 aromatic carbocycles. The largest absolute Gasteiger partial charge is 0.459 e. The molecule has 154 valence electrons. The fraction of sp³-hybridized carbons (Fsp3) is 0.348. The van der Waals surface area contributed by atoms with Crippen LogP contribution < -0.4 is 5.32 Å². The van der Waals surface area contributed by atoms with E-state index in [1.54, 1.807) is 28.4 Å². The zero-order valence-corrected chi connectivity index (χ0v) is 17.6. The lowest BCUT2D eigenvalue weighted by molar-refractivity contribution is -0.121. The van der Waals surface area contributed by atoms with Crippen molar-refractivity contribution in [1.29, 1.82) is 0 Å². The average molecular weight is 422 g/mol. The third-order valence-electron chi connectivity index (χ3n) is 5.96. The van der Waals surface area contributed by atoms with Crippen LogP contribution in [-0.4, -0.2) is 27.7 Å². The number of fused-ring (bicyclic) bond motifs is 2. The molecule has 1 N–H and O–H groups in total. The van der Waals surface area contributed by atoms with Crippen LogP contribution in [0.2, 0.25) is 0 Å². The SMILES string of the molecule is C[C@H]1CCc2nc(NC(=O)[C@@H]3Cc4ccccc4CN3C(=O)c3ccco3)sc2C1. The average Bonchev–Trinajstić information content (AvgIpc) is 3.41. The number of furan rings is 1. The third kappa shape index (κ3) is 3.54. The van der Waals surface area contributed by atoms with Gasteiger partial charge in [0.2, 0.25) is 5.91 Å². The molecule has 0 bridgehead atoms. The molecular weight excluding hydrogens is 398 g/mol. The standard InChI is InChI=1S/C23H23N3O3S/c1-14-8-9-17-20(11-14)30-23(24-17)25-21(27)18-12-15-5-2-3-6-16(15)13-26(18)22(28)19-7-4-10-29-19/h2-7,10,14,18H,8-9,11-13H2,1H3,(H,24,25,27)/t14-,18-/m0/s1. The molecule has 2 atom stereocenters. The molecular formula is C23H23N3O3S. The van der Waals surface area contributed by atoms with Gasteiger partial charge in [-0.15, -0.1) is 11.3 Å². The molecule has 0 unspecified atom stereocenters. The molecule has 1 aliphatic carbocycles. The molecule has 7 heteroatoms. The molecule has 30 heavy (non-hydrogen) atoms. The van der Waals surface area contributed by atoms with Crippen LogP contribution in [-0.2, 0) is 30.6 Å². The van der Waals surface area contributed by atoms with Crippen LogP contribution in [0.5, 0.6) is 0 Å². The number of nitrogens with one attached hydrogen (secondary N) is 1. The normalized spacial score (nSPS) is 20.4. The quantitative estimate of drug-likeness (QED) is 0.692. The molecule has 0 radical (unpaired) electrons. The van der Waals surface area contributed by atoms with Crippen molar-refractivity contribution in [3.05, 3.63) is 70.1 Å². The van der Waals surface area contributed by atoms with Crippen molar-refractivity contribution < 1.29 is 14.0 Å². The summed E-state index contributed by atoms with van der Waals surface area (Å²) in [5.41, 5.74) is 3.25. The van der Waals surface area contributed by atoms with Crippen LogP contribution in [0.1, 0.15) is 45.6 Å². The number of hydrogen-bond acceptors (Lipinski definition) is 5. The second kappa shape index (κ2) is 7.72. The highest BCUT2D eigenvalue weighted by Crippen LogP contribution is 2.33. The zero-order valence-electron chi connectivity index (χ0n) is 16.8. The van der Waals surface area contributed by atoms with E-state index in [1.165, 1.54) is 11.1 Å². The van der Waals surface area contributed by atoms with E-state index in [-0.39, 0.29) is 17.6 Å². The summed E-state index contributed by atoms with van der Waals surface area (Å²) in [6, 6.07) is 10.6. The summed E-state index contributed by atoms with van der Waals surface area (Å²) in [4.78, 5) is 33.9. The van der Waals surface area contributed by atoms with Crippen LogP contribution >= 0.6 is 11.3 Å². The number of rotatable bonds is 3. The number of benzene rings is 1. The van der Waals surface area contributed by atoms with Crippen molar-refractivity contribution in [1.82, 2.24) is 9.88 Å². The van der Waals surface area contributed by atoms with Gasteiger partial charge in [0.1, 0.15) is 6.04 Å². The van der Waals surface area contributed by atoms with Crippen molar-refractivity contribution in [2.75, 3.05) is 5.32 Å². The van der Waals surface area contributed by atoms with Gasteiger partial charge < -0.3 is 14.6 Å². The molecule has 6 nitrogen and oxygen atoms in total. The molecule has 0 saturated heterocycles. The minimum atomic E-state index is -0.614. The smallest absolute Gasteiger partial charge is 0.290 e. The van der Waals surface area contributed by atoms with Gasteiger partial charge in [0.25, 0.3) is 5.91 Å². The van der Waals surface area contributed by atoms with E-state index in [2.05, 4.69) is 17.2 Å². The Labute approximate surface area is 178 Å². The van der Waals surface area contributed by atoms with E-state index in [9.17, 15) is 9.59 Å². The predicted octanol–water partition coefficient (Wildman–Crippen LogP) is 4.07. The fourth-order valence-corrected chi connectivity index (χ4v) is 5.47. The first-order valence-corrected chi connectivity index (χ1v) is 11.1. The van der Waals surface area contributed by atoms with Gasteiger partial charge in [0.15, 0.2) is 10.9 Å². The lowest BCUT2D eigenvalue weighted by Crippen LogP contribution is -2.50. The number of nitrogens with zero attached hydrogens (tertiary/aromatic N) is 2. The molecule has 0 spiro atoms. The first kappa shape index (κ1) is 19.1. The minimum absolute atomic E-state index is 0.205. The summed E-state index contributed by atoms with van der Waals surface area (Å²) in [5, 5.41) is 3.62. The lowest BCUT2D eigenvalue weighted by atomic mass is 9.93. The number of thiazole rings is 1. The van der Waals surface area contributed by atoms with Gasteiger partial charge >= 0.3 is 0 Å². The Morgan fingerprint density at radius 3 is 2.80 bits per heavy atom. The van der Waals surface area contributed by atoms with Crippen molar-refractivity contribution in [2.45, 2.75) is 45.2 Å². The van der Waals surface area contributed by atoms with E-state index in [0.29, 0.717) is 24.0 Å². The molecule has 1 aliphatic heterocycles. The van der Waals surface area contributed by atoms with Crippen LogP contribution in [0.3, 0.4) is 0 Å². The Morgan fingerprint density at radius 2 is 2.00 bits per heavy atom. The molecule has 3 aromatic rings.